The van der Waals surface area contributed by atoms with Gasteiger partial charge in [0.15, 0.2) is 0 Å². The fraction of sp³-hybridized carbons (Fsp3) is 0.0833. The maximum absolute atomic E-state index is 11.7. The van der Waals surface area contributed by atoms with Crippen LogP contribution >= 0.6 is 0 Å². The summed E-state index contributed by atoms with van der Waals surface area (Å²) in [6.07, 6.45) is 0. The minimum atomic E-state index is -0.344. The van der Waals surface area contributed by atoms with Crippen LogP contribution < -0.4 is 16.6 Å². The first kappa shape index (κ1) is 11.8. The molecule has 92 valence electrons. The predicted molar refractivity (Wildman–Crippen MR) is 66.9 cm³/mol. The molecule has 0 atom stereocenters. The number of aromatic amines is 1. The van der Waals surface area contributed by atoms with Gasteiger partial charge in [-0.25, -0.2) is 5.10 Å². The van der Waals surface area contributed by atoms with E-state index < -0.39 is 0 Å². The standard InChI is InChI=1S/C12H12N4O2/c13-9-3-1-8(2-4-9)7-14-12(18)10-5-6-11(17)16-15-10/h1-6H,7,13H2,(H,14,18)(H,16,17). The van der Waals surface area contributed by atoms with Crippen molar-refractivity contribution in [1.82, 2.24) is 15.5 Å². The molecule has 0 fully saturated rings. The molecule has 18 heavy (non-hydrogen) atoms. The highest BCUT2D eigenvalue weighted by Gasteiger charge is 2.06. The normalized spacial score (nSPS) is 10.0. The number of hydrogen-bond acceptors (Lipinski definition) is 4. The molecule has 1 aromatic carbocycles. The number of rotatable bonds is 3. The summed E-state index contributed by atoms with van der Waals surface area (Å²) in [7, 11) is 0. The van der Waals surface area contributed by atoms with Gasteiger partial charge in [0.1, 0.15) is 5.69 Å². The molecule has 0 saturated carbocycles. The summed E-state index contributed by atoms with van der Waals surface area (Å²) in [6, 6.07) is 9.81. The van der Waals surface area contributed by atoms with Crippen LogP contribution in [0.15, 0.2) is 41.2 Å². The van der Waals surface area contributed by atoms with E-state index in [1.165, 1.54) is 12.1 Å². The molecular formula is C12H12N4O2. The fourth-order valence-corrected chi connectivity index (χ4v) is 1.38. The lowest BCUT2D eigenvalue weighted by molar-refractivity contribution is 0.0945. The van der Waals surface area contributed by atoms with Crippen LogP contribution in [0.3, 0.4) is 0 Å². The van der Waals surface area contributed by atoms with Crippen molar-refractivity contribution in [1.29, 1.82) is 0 Å². The molecule has 6 nitrogen and oxygen atoms in total. The zero-order valence-electron chi connectivity index (χ0n) is 9.51. The third-order valence-electron chi connectivity index (χ3n) is 2.34. The smallest absolute Gasteiger partial charge is 0.271 e. The largest absolute Gasteiger partial charge is 0.399 e. The van der Waals surface area contributed by atoms with Crippen LogP contribution in [0.25, 0.3) is 0 Å². The molecule has 0 aliphatic rings. The van der Waals surface area contributed by atoms with E-state index >= 15 is 0 Å². The van der Waals surface area contributed by atoms with Gasteiger partial charge in [-0.05, 0) is 23.8 Å². The minimum absolute atomic E-state index is 0.171. The molecule has 0 radical (unpaired) electrons. The summed E-state index contributed by atoms with van der Waals surface area (Å²) in [5, 5.41) is 8.53. The lowest BCUT2D eigenvalue weighted by atomic mass is 10.2. The van der Waals surface area contributed by atoms with Crippen LogP contribution in [0, 0.1) is 0 Å². The quantitative estimate of drug-likeness (QED) is 0.675. The zero-order chi connectivity index (χ0) is 13.0. The van der Waals surface area contributed by atoms with Crippen LogP contribution in [-0.4, -0.2) is 16.1 Å². The number of amides is 1. The monoisotopic (exact) mass is 244 g/mol. The number of nitrogen functional groups attached to an aromatic ring is 1. The number of carbonyl (C=O) groups is 1. The minimum Gasteiger partial charge on any atom is -0.399 e. The third-order valence-corrected chi connectivity index (χ3v) is 2.34. The maximum Gasteiger partial charge on any atom is 0.271 e. The van der Waals surface area contributed by atoms with Gasteiger partial charge < -0.3 is 11.1 Å². The van der Waals surface area contributed by atoms with E-state index in [4.69, 9.17) is 5.73 Å². The van der Waals surface area contributed by atoms with E-state index in [9.17, 15) is 9.59 Å². The number of aromatic nitrogens is 2. The Kier molecular flexibility index (Phi) is 3.38. The summed E-state index contributed by atoms with van der Waals surface area (Å²) in [5.41, 5.74) is 6.99. The Morgan fingerprint density at radius 1 is 1.22 bits per heavy atom. The zero-order valence-corrected chi connectivity index (χ0v) is 9.51. The van der Waals surface area contributed by atoms with Crippen molar-refractivity contribution in [3.8, 4) is 0 Å². The van der Waals surface area contributed by atoms with Crippen LogP contribution in [0.2, 0.25) is 0 Å². The van der Waals surface area contributed by atoms with Crippen LogP contribution in [0.1, 0.15) is 16.1 Å². The van der Waals surface area contributed by atoms with E-state index in [2.05, 4.69) is 15.5 Å². The van der Waals surface area contributed by atoms with Gasteiger partial charge in [0.2, 0.25) is 0 Å². The van der Waals surface area contributed by atoms with Crippen molar-refractivity contribution in [3.05, 3.63) is 58.0 Å². The topological polar surface area (TPSA) is 101 Å². The molecule has 1 heterocycles. The second-order valence-corrected chi connectivity index (χ2v) is 3.73. The Morgan fingerprint density at radius 2 is 1.94 bits per heavy atom. The lowest BCUT2D eigenvalue weighted by Crippen LogP contribution is -2.25. The van der Waals surface area contributed by atoms with E-state index in [0.717, 1.165) is 5.56 Å². The summed E-state index contributed by atoms with van der Waals surface area (Å²) in [5.74, 6) is -0.344. The average molecular weight is 244 g/mol. The van der Waals surface area contributed by atoms with Gasteiger partial charge >= 0.3 is 0 Å². The van der Waals surface area contributed by atoms with Gasteiger partial charge in [0.25, 0.3) is 11.5 Å². The molecular weight excluding hydrogens is 232 g/mol. The van der Waals surface area contributed by atoms with E-state index in [1.807, 2.05) is 12.1 Å². The molecule has 4 N–H and O–H groups in total. The molecule has 2 aromatic rings. The highest BCUT2D eigenvalue weighted by atomic mass is 16.2. The number of nitrogens with zero attached hydrogens (tertiary/aromatic N) is 1. The second kappa shape index (κ2) is 5.13. The Hall–Kier alpha value is -2.63. The number of hydrogen-bond donors (Lipinski definition) is 3. The maximum atomic E-state index is 11.7. The van der Waals surface area contributed by atoms with Gasteiger partial charge in [-0.3, -0.25) is 9.59 Å². The molecule has 0 aliphatic heterocycles. The molecule has 2 rings (SSSR count). The number of H-pyrrole nitrogens is 1. The molecule has 0 unspecified atom stereocenters. The number of nitrogens with two attached hydrogens (primary N) is 1. The molecule has 1 aromatic heterocycles. The highest BCUT2D eigenvalue weighted by Crippen LogP contribution is 2.05. The Bertz CT molecular complexity index is 584. The lowest BCUT2D eigenvalue weighted by Gasteiger charge is -2.04. The molecule has 1 amide bonds. The van der Waals surface area contributed by atoms with Gasteiger partial charge in [-0.15, -0.1) is 0 Å². The number of anilines is 1. The van der Waals surface area contributed by atoms with Crippen molar-refractivity contribution in [2.24, 2.45) is 0 Å². The predicted octanol–water partition coefficient (Wildman–Crippen LogP) is 0.282. The summed E-state index contributed by atoms with van der Waals surface area (Å²) in [4.78, 5) is 22.5. The van der Waals surface area contributed by atoms with Gasteiger partial charge in [-0.1, -0.05) is 12.1 Å². The Balaban J connectivity index is 1.98. The molecule has 0 aliphatic carbocycles. The highest BCUT2D eigenvalue weighted by molar-refractivity contribution is 5.91. The first-order valence-corrected chi connectivity index (χ1v) is 5.33. The van der Waals surface area contributed by atoms with Crippen LogP contribution in [0.5, 0.6) is 0 Å². The number of carbonyl (C=O) groups excluding carboxylic acids is 1. The summed E-state index contributed by atoms with van der Waals surface area (Å²) < 4.78 is 0. The van der Waals surface area contributed by atoms with Gasteiger partial charge in [-0.2, -0.15) is 5.10 Å². The fourth-order valence-electron chi connectivity index (χ4n) is 1.38. The first-order chi connectivity index (χ1) is 8.65. The van der Waals surface area contributed by atoms with Crippen molar-refractivity contribution < 1.29 is 4.79 Å². The SMILES string of the molecule is Nc1ccc(CNC(=O)c2ccc(=O)[nH]n2)cc1. The molecule has 0 bridgehead atoms. The molecule has 0 saturated heterocycles. The van der Waals surface area contributed by atoms with Crippen LogP contribution in [0.4, 0.5) is 5.69 Å². The number of benzene rings is 1. The van der Waals surface area contributed by atoms with Crippen molar-refractivity contribution in [3.63, 3.8) is 0 Å². The Morgan fingerprint density at radius 3 is 2.56 bits per heavy atom. The molecule has 0 spiro atoms. The third kappa shape index (κ3) is 2.94. The van der Waals surface area contributed by atoms with Crippen LogP contribution in [-0.2, 0) is 6.54 Å². The Labute approximate surface area is 103 Å². The van der Waals surface area contributed by atoms with Crippen molar-refractivity contribution in [2.75, 3.05) is 5.73 Å². The summed E-state index contributed by atoms with van der Waals surface area (Å²) >= 11 is 0. The van der Waals surface area contributed by atoms with E-state index in [1.54, 1.807) is 12.1 Å². The van der Waals surface area contributed by atoms with E-state index in [0.29, 0.717) is 12.2 Å². The van der Waals surface area contributed by atoms with Gasteiger partial charge in [0.05, 0.1) is 0 Å². The number of nitrogens with one attached hydrogen (secondary N) is 2. The van der Waals surface area contributed by atoms with Crippen molar-refractivity contribution >= 4 is 11.6 Å². The second-order valence-electron chi connectivity index (χ2n) is 3.73. The average Bonchev–Trinajstić information content (AvgIpc) is 2.38. The molecule has 6 heteroatoms. The first-order valence-electron chi connectivity index (χ1n) is 5.33. The van der Waals surface area contributed by atoms with Crippen molar-refractivity contribution in [2.45, 2.75) is 6.54 Å². The van der Waals surface area contributed by atoms with Gasteiger partial charge in [0, 0.05) is 18.3 Å². The van der Waals surface area contributed by atoms with E-state index in [-0.39, 0.29) is 17.2 Å². The summed E-state index contributed by atoms with van der Waals surface area (Å²) in [6.45, 7) is 0.375.